The highest BCUT2D eigenvalue weighted by molar-refractivity contribution is 6.12. The summed E-state index contributed by atoms with van der Waals surface area (Å²) < 4.78 is 11.3. The fourth-order valence-corrected chi connectivity index (χ4v) is 3.48. The third-order valence-corrected chi connectivity index (χ3v) is 4.80. The quantitative estimate of drug-likeness (QED) is 0.161. The molecule has 0 bridgehead atoms. The summed E-state index contributed by atoms with van der Waals surface area (Å²) in [5.41, 5.74) is 4.13. The van der Waals surface area contributed by atoms with Crippen molar-refractivity contribution in [2.75, 3.05) is 0 Å². The van der Waals surface area contributed by atoms with Gasteiger partial charge in [0.15, 0.2) is 0 Å². The van der Waals surface area contributed by atoms with Gasteiger partial charge in [-0.15, -0.1) is 0 Å². The smallest absolute Gasteiger partial charge is 0.387 e. The summed E-state index contributed by atoms with van der Waals surface area (Å²) in [5.74, 6) is -1.44. The Morgan fingerprint density at radius 2 is 1.77 bits per heavy atom. The Hall–Kier alpha value is -3.94. The third-order valence-electron chi connectivity index (χ3n) is 4.80. The van der Waals surface area contributed by atoms with Gasteiger partial charge in [0.2, 0.25) is 5.76 Å². The van der Waals surface area contributed by atoms with E-state index < -0.39 is 18.1 Å². The van der Waals surface area contributed by atoms with Gasteiger partial charge in [0, 0.05) is 35.3 Å². The Labute approximate surface area is 171 Å². The van der Waals surface area contributed by atoms with Gasteiger partial charge < -0.3 is 18.9 Å². The molecule has 1 aliphatic rings. The maximum absolute atomic E-state index is 11.7. The number of cyclic esters (lactones) is 3. The number of esters is 1. The molecule has 1 saturated heterocycles. The van der Waals surface area contributed by atoms with Gasteiger partial charge in [0.05, 0.1) is 5.71 Å². The molecule has 0 aliphatic carbocycles. The van der Waals surface area contributed by atoms with E-state index in [1.165, 1.54) is 13.0 Å². The van der Waals surface area contributed by atoms with Crippen LogP contribution in [0.15, 0.2) is 47.3 Å². The molecule has 30 heavy (non-hydrogen) atoms. The Balaban J connectivity index is 1.86. The fourth-order valence-electron chi connectivity index (χ4n) is 3.48. The van der Waals surface area contributed by atoms with Crippen LogP contribution in [0.1, 0.15) is 31.9 Å². The lowest BCUT2D eigenvalue weighted by Crippen LogP contribution is -1.99. The highest BCUT2D eigenvalue weighted by Gasteiger charge is 2.29. The van der Waals surface area contributed by atoms with Gasteiger partial charge in [-0.05, 0) is 55.3 Å². The molecule has 1 aromatic heterocycles. The summed E-state index contributed by atoms with van der Waals surface area (Å²) in [6.07, 6.45) is 0.445. The lowest BCUT2D eigenvalue weighted by Gasteiger charge is -2.04. The number of nitrogens with zero attached hydrogens (tertiary/aromatic N) is 2. The van der Waals surface area contributed by atoms with Crippen LogP contribution in [0, 0.1) is 0 Å². The molecule has 0 radical (unpaired) electrons. The van der Waals surface area contributed by atoms with Crippen molar-refractivity contribution in [3.63, 3.8) is 0 Å². The van der Waals surface area contributed by atoms with E-state index >= 15 is 0 Å². The molecule has 3 aromatic rings. The van der Waals surface area contributed by atoms with E-state index in [4.69, 9.17) is 9.57 Å². The van der Waals surface area contributed by atoms with Crippen LogP contribution in [-0.2, 0) is 30.4 Å². The first-order valence-corrected chi connectivity index (χ1v) is 9.31. The Morgan fingerprint density at radius 1 is 1.07 bits per heavy atom. The number of rotatable bonds is 4. The highest BCUT2D eigenvalue weighted by Crippen LogP contribution is 2.31. The van der Waals surface area contributed by atoms with E-state index in [0.29, 0.717) is 11.3 Å². The summed E-state index contributed by atoms with van der Waals surface area (Å²) in [6, 6.07) is 11.6. The average molecular weight is 406 g/mol. The van der Waals surface area contributed by atoms with Gasteiger partial charge in [-0.25, -0.2) is 14.4 Å². The number of aryl methyl sites for hydroxylation is 1. The lowest BCUT2D eigenvalue weighted by molar-refractivity contribution is -0.141. The second-order valence-corrected chi connectivity index (χ2v) is 6.76. The molecular weight excluding hydrogens is 388 g/mol. The van der Waals surface area contributed by atoms with E-state index in [9.17, 15) is 14.4 Å². The molecule has 1 aliphatic heterocycles. The summed E-state index contributed by atoms with van der Waals surface area (Å²) in [4.78, 5) is 38.6. The second-order valence-electron chi connectivity index (χ2n) is 6.76. The predicted molar refractivity (Wildman–Crippen MR) is 110 cm³/mol. The maximum Gasteiger partial charge on any atom is 0.522 e. The first-order chi connectivity index (χ1) is 14.4. The number of carbonyl (C=O) groups excluding carboxylic acids is 3. The maximum atomic E-state index is 11.7. The van der Waals surface area contributed by atoms with Gasteiger partial charge in [0.1, 0.15) is 0 Å². The topological polar surface area (TPSA) is 96.2 Å². The van der Waals surface area contributed by atoms with E-state index in [1.807, 2.05) is 36.4 Å². The first-order valence-electron chi connectivity index (χ1n) is 9.31. The highest BCUT2D eigenvalue weighted by atomic mass is 16.8. The standard InChI is InChI=1S/C22H18N2O6/c1-4-24-18-7-5-14(10-20-21(26)29-22(27)28-20)9-16(18)17-11-15(6-8-19(17)24)12(2)23-30-13(3)25/h5-11H,4H2,1-3H3. The molecule has 8 nitrogen and oxygen atoms in total. The van der Waals surface area contributed by atoms with Gasteiger partial charge in [-0.1, -0.05) is 17.3 Å². The minimum atomic E-state index is -1.03. The van der Waals surface area contributed by atoms with Crippen molar-refractivity contribution in [1.82, 2.24) is 4.57 Å². The van der Waals surface area contributed by atoms with Gasteiger partial charge in [0.25, 0.3) is 0 Å². The monoisotopic (exact) mass is 406 g/mol. The number of carbonyl (C=O) groups is 3. The number of ether oxygens (including phenoxy) is 2. The van der Waals surface area contributed by atoms with Crippen molar-refractivity contribution < 1.29 is 28.7 Å². The Morgan fingerprint density at radius 3 is 2.40 bits per heavy atom. The number of hydrogen-bond donors (Lipinski definition) is 0. The molecule has 0 saturated carbocycles. The zero-order valence-electron chi connectivity index (χ0n) is 16.6. The number of aromatic nitrogens is 1. The van der Waals surface area contributed by atoms with Crippen LogP contribution in [0.3, 0.4) is 0 Å². The van der Waals surface area contributed by atoms with Crippen LogP contribution in [0.25, 0.3) is 27.9 Å². The van der Waals surface area contributed by atoms with Crippen LogP contribution >= 0.6 is 0 Å². The Bertz CT molecular complexity index is 1280. The first kappa shape index (κ1) is 19.4. The number of hydrogen-bond acceptors (Lipinski definition) is 7. The lowest BCUT2D eigenvalue weighted by atomic mass is 10.0. The van der Waals surface area contributed by atoms with Crippen molar-refractivity contribution in [3.05, 3.63) is 53.3 Å². The minimum absolute atomic E-state index is 0.149. The molecule has 0 amide bonds. The minimum Gasteiger partial charge on any atom is -0.387 e. The summed E-state index contributed by atoms with van der Waals surface area (Å²) in [6.45, 7) is 5.88. The molecule has 8 heteroatoms. The van der Waals surface area contributed by atoms with E-state index in [0.717, 1.165) is 33.9 Å². The van der Waals surface area contributed by atoms with Crippen molar-refractivity contribution in [1.29, 1.82) is 0 Å². The van der Waals surface area contributed by atoms with E-state index in [2.05, 4.69) is 21.4 Å². The number of benzene rings is 2. The van der Waals surface area contributed by atoms with Crippen molar-refractivity contribution in [2.24, 2.45) is 5.16 Å². The number of fused-ring (bicyclic) bond motifs is 3. The van der Waals surface area contributed by atoms with E-state index in [-0.39, 0.29) is 5.76 Å². The zero-order valence-corrected chi connectivity index (χ0v) is 16.6. The summed E-state index contributed by atoms with van der Waals surface area (Å²) in [5, 5.41) is 5.80. The average Bonchev–Trinajstić information content (AvgIpc) is 3.20. The summed E-state index contributed by atoms with van der Waals surface area (Å²) in [7, 11) is 0. The van der Waals surface area contributed by atoms with Crippen LogP contribution < -0.4 is 0 Å². The zero-order chi connectivity index (χ0) is 21.4. The van der Waals surface area contributed by atoms with Crippen molar-refractivity contribution in [3.8, 4) is 0 Å². The third kappa shape index (κ3) is 3.43. The van der Waals surface area contributed by atoms with Gasteiger partial charge in [-0.2, -0.15) is 0 Å². The molecule has 152 valence electrons. The molecule has 2 heterocycles. The molecule has 0 atom stereocenters. The summed E-state index contributed by atoms with van der Waals surface area (Å²) >= 11 is 0. The van der Waals surface area contributed by atoms with Crippen molar-refractivity contribution in [2.45, 2.75) is 27.3 Å². The molecular formula is C22H18N2O6. The molecule has 0 unspecified atom stereocenters. The second kappa shape index (κ2) is 7.47. The molecule has 4 rings (SSSR count). The largest absolute Gasteiger partial charge is 0.522 e. The van der Waals surface area contributed by atoms with Crippen LogP contribution in [0.4, 0.5) is 4.79 Å². The van der Waals surface area contributed by atoms with Crippen LogP contribution in [0.2, 0.25) is 0 Å². The number of oxime groups is 1. The van der Waals surface area contributed by atoms with Crippen LogP contribution in [0.5, 0.6) is 0 Å². The normalized spacial score (nSPS) is 15.7. The molecule has 2 aromatic carbocycles. The van der Waals surface area contributed by atoms with Crippen molar-refractivity contribution >= 4 is 51.7 Å². The fraction of sp³-hybridized carbons (Fsp3) is 0.182. The predicted octanol–water partition coefficient (Wildman–Crippen LogP) is 4.14. The van der Waals surface area contributed by atoms with E-state index in [1.54, 1.807) is 6.92 Å². The van der Waals surface area contributed by atoms with Gasteiger partial charge >= 0.3 is 18.1 Å². The SMILES string of the molecule is CCn1c2ccc(C=C3OC(=O)OC3=O)cc2c2cc(C(C)=NOC(C)=O)ccc21. The molecule has 0 N–H and O–H groups in total. The van der Waals surface area contributed by atoms with Crippen LogP contribution in [-0.4, -0.2) is 28.4 Å². The van der Waals surface area contributed by atoms with Gasteiger partial charge in [-0.3, -0.25) is 0 Å². The molecule has 1 fully saturated rings. The Kier molecular flexibility index (Phi) is 4.83. The molecule has 0 spiro atoms.